The summed E-state index contributed by atoms with van der Waals surface area (Å²) in [5.74, 6) is 3.18. The van der Waals surface area contributed by atoms with Crippen LogP contribution >= 0.6 is 11.8 Å². The van der Waals surface area contributed by atoms with E-state index >= 15 is 0 Å². The maximum Gasteiger partial charge on any atom is 0.230 e. The Morgan fingerprint density at radius 2 is 2.50 bits per heavy atom. The summed E-state index contributed by atoms with van der Waals surface area (Å²) in [6.07, 6.45) is 2.46. The average Bonchev–Trinajstić information content (AvgIpc) is 2.94. The van der Waals surface area contributed by atoms with E-state index < -0.39 is 0 Å². The standard InChI is InChI=1S/C11H19N3OS/c1-3-12-7-8(2)11-13-10(14-15-11)9-5-4-6-16-9/h8-9,12H,3-7H2,1-2H3. The third kappa shape index (κ3) is 2.77. The number of thioether (sulfide) groups is 1. The summed E-state index contributed by atoms with van der Waals surface area (Å²) < 4.78 is 5.32. The van der Waals surface area contributed by atoms with E-state index in [2.05, 4.69) is 29.3 Å². The van der Waals surface area contributed by atoms with Gasteiger partial charge in [-0.25, -0.2) is 0 Å². The Balaban J connectivity index is 1.95. The number of likely N-dealkylation sites (N-methyl/N-ethyl adjacent to an activating group) is 1. The van der Waals surface area contributed by atoms with Crippen molar-refractivity contribution in [3.05, 3.63) is 11.7 Å². The van der Waals surface area contributed by atoms with Gasteiger partial charge in [0.2, 0.25) is 5.89 Å². The van der Waals surface area contributed by atoms with Crippen LogP contribution in [0.1, 0.15) is 49.6 Å². The Kier molecular flexibility index (Phi) is 4.23. The van der Waals surface area contributed by atoms with Crippen molar-refractivity contribution in [1.82, 2.24) is 15.5 Å². The van der Waals surface area contributed by atoms with Crippen LogP contribution in [0.4, 0.5) is 0 Å². The Hall–Kier alpha value is -0.550. The molecular formula is C11H19N3OS. The van der Waals surface area contributed by atoms with Crippen molar-refractivity contribution in [2.45, 2.75) is 37.9 Å². The van der Waals surface area contributed by atoms with E-state index in [4.69, 9.17) is 4.52 Å². The van der Waals surface area contributed by atoms with Crippen LogP contribution < -0.4 is 5.32 Å². The monoisotopic (exact) mass is 241 g/mol. The first-order valence-electron chi connectivity index (χ1n) is 5.97. The molecule has 0 amide bonds. The van der Waals surface area contributed by atoms with Crippen LogP contribution in [0.3, 0.4) is 0 Å². The van der Waals surface area contributed by atoms with Gasteiger partial charge in [0.15, 0.2) is 5.82 Å². The molecule has 0 aromatic carbocycles. The number of rotatable bonds is 5. The zero-order valence-electron chi connectivity index (χ0n) is 9.90. The lowest BCUT2D eigenvalue weighted by Gasteiger charge is -2.05. The first-order valence-corrected chi connectivity index (χ1v) is 7.02. The van der Waals surface area contributed by atoms with E-state index in [0.717, 1.165) is 24.8 Å². The number of nitrogens with zero attached hydrogens (tertiary/aromatic N) is 2. The van der Waals surface area contributed by atoms with Crippen LogP contribution in [-0.2, 0) is 0 Å². The molecule has 5 heteroatoms. The molecule has 16 heavy (non-hydrogen) atoms. The van der Waals surface area contributed by atoms with Gasteiger partial charge in [0, 0.05) is 12.5 Å². The molecule has 1 aromatic heterocycles. The quantitative estimate of drug-likeness (QED) is 0.857. The predicted octanol–water partition coefficient (Wildman–Crippen LogP) is 2.35. The molecule has 1 N–H and O–H groups in total. The van der Waals surface area contributed by atoms with E-state index in [1.54, 1.807) is 0 Å². The predicted molar refractivity (Wildman–Crippen MR) is 65.7 cm³/mol. The lowest BCUT2D eigenvalue weighted by Crippen LogP contribution is -2.19. The minimum Gasteiger partial charge on any atom is -0.339 e. The second-order valence-corrected chi connectivity index (χ2v) is 5.51. The van der Waals surface area contributed by atoms with Crippen molar-refractivity contribution < 1.29 is 4.52 Å². The Morgan fingerprint density at radius 1 is 1.62 bits per heavy atom. The zero-order chi connectivity index (χ0) is 11.4. The minimum absolute atomic E-state index is 0.299. The maximum absolute atomic E-state index is 5.32. The molecule has 1 aliphatic heterocycles. The molecule has 2 heterocycles. The highest BCUT2D eigenvalue weighted by Crippen LogP contribution is 2.38. The van der Waals surface area contributed by atoms with Crippen molar-refractivity contribution in [1.29, 1.82) is 0 Å². The van der Waals surface area contributed by atoms with Crippen molar-refractivity contribution in [2.75, 3.05) is 18.8 Å². The molecule has 0 radical (unpaired) electrons. The number of hydrogen-bond donors (Lipinski definition) is 1. The second-order valence-electron chi connectivity index (χ2n) is 4.20. The minimum atomic E-state index is 0.299. The van der Waals surface area contributed by atoms with Crippen molar-refractivity contribution in [3.63, 3.8) is 0 Å². The molecule has 2 rings (SSSR count). The number of nitrogens with one attached hydrogen (secondary N) is 1. The fraction of sp³-hybridized carbons (Fsp3) is 0.818. The molecule has 2 unspecified atom stereocenters. The second kappa shape index (κ2) is 5.68. The summed E-state index contributed by atoms with van der Waals surface area (Å²) in [4.78, 5) is 4.51. The summed E-state index contributed by atoms with van der Waals surface area (Å²) in [5.41, 5.74) is 0. The largest absolute Gasteiger partial charge is 0.339 e. The van der Waals surface area contributed by atoms with Gasteiger partial charge in [-0.1, -0.05) is 19.0 Å². The van der Waals surface area contributed by atoms with E-state index in [0.29, 0.717) is 11.2 Å². The Morgan fingerprint density at radius 3 is 3.19 bits per heavy atom. The molecule has 90 valence electrons. The number of hydrogen-bond acceptors (Lipinski definition) is 5. The van der Waals surface area contributed by atoms with Crippen LogP contribution in [0.15, 0.2) is 4.52 Å². The van der Waals surface area contributed by atoms with Crippen LogP contribution in [-0.4, -0.2) is 29.0 Å². The zero-order valence-corrected chi connectivity index (χ0v) is 10.7. The van der Waals surface area contributed by atoms with Crippen LogP contribution in [0.2, 0.25) is 0 Å². The third-order valence-electron chi connectivity index (χ3n) is 2.80. The lowest BCUT2D eigenvalue weighted by atomic mass is 10.2. The molecule has 1 aromatic rings. The average molecular weight is 241 g/mol. The third-order valence-corrected chi connectivity index (χ3v) is 4.17. The first kappa shape index (κ1) is 11.9. The van der Waals surface area contributed by atoms with Gasteiger partial charge in [-0.15, -0.1) is 0 Å². The van der Waals surface area contributed by atoms with Gasteiger partial charge in [0.1, 0.15) is 0 Å². The summed E-state index contributed by atoms with van der Waals surface area (Å²) >= 11 is 1.94. The smallest absolute Gasteiger partial charge is 0.230 e. The van der Waals surface area contributed by atoms with Gasteiger partial charge in [0.25, 0.3) is 0 Å². The van der Waals surface area contributed by atoms with Gasteiger partial charge < -0.3 is 9.84 Å². The molecule has 0 bridgehead atoms. The molecular weight excluding hydrogens is 222 g/mol. The first-order chi connectivity index (χ1) is 7.81. The Labute approximate surface area is 101 Å². The van der Waals surface area contributed by atoms with Crippen molar-refractivity contribution in [2.24, 2.45) is 0 Å². The summed E-state index contributed by atoms with van der Waals surface area (Å²) in [6.45, 7) is 6.09. The molecule has 1 aliphatic rings. The molecule has 2 atom stereocenters. The van der Waals surface area contributed by atoms with Crippen LogP contribution in [0.25, 0.3) is 0 Å². The van der Waals surface area contributed by atoms with Crippen molar-refractivity contribution >= 4 is 11.8 Å². The highest BCUT2D eigenvalue weighted by atomic mass is 32.2. The lowest BCUT2D eigenvalue weighted by molar-refractivity contribution is 0.351. The van der Waals surface area contributed by atoms with E-state index in [9.17, 15) is 0 Å². The highest BCUT2D eigenvalue weighted by molar-refractivity contribution is 7.99. The molecule has 0 spiro atoms. The molecule has 1 fully saturated rings. The highest BCUT2D eigenvalue weighted by Gasteiger charge is 2.24. The summed E-state index contributed by atoms with van der Waals surface area (Å²) in [5, 5.41) is 7.85. The van der Waals surface area contributed by atoms with Gasteiger partial charge in [-0.3, -0.25) is 0 Å². The van der Waals surface area contributed by atoms with E-state index in [1.165, 1.54) is 18.6 Å². The van der Waals surface area contributed by atoms with E-state index in [-0.39, 0.29) is 0 Å². The summed E-state index contributed by atoms with van der Waals surface area (Å²) in [6, 6.07) is 0. The number of aromatic nitrogens is 2. The Bertz CT molecular complexity index is 323. The molecule has 1 saturated heterocycles. The molecule has 0 aliphatic carbocycles. The SMILES string of the molecule is CCNCC(C)c1nc(C2CCCS2)no1. The van der Waals surface area contributed by atoms with Crippen LogP contribution in [0, 0.1) is 0 Å². The van der Waals surface area contributed by atoms with Gasteiger partial charge in [-0.05, 0) is 25.1 Å². The maximum atomic E-state index is 5.32. The van der Waals surface area contributed by atoms with Crippen LogP contribution in [0.5, 0.6) is 0 Å². The van der Waals surface area contributed by atoms with Crippen molar-refractivity contribution in [3.8, 4) is 0 Å². The topological polar surface area (TPSA) is 51.0 Å². The van der Waals surface area contributed by atoms with Gasteiger partial charge in [0.05, 0.1) is 5.25 Å². The van der Waals surface area contributed by atoms with Gasteiger partial charge >= 0.3 is 0 Å². The fourth-order valence-corrected chi connectivity index (χ4v) is 3.00. The van der Waals surface area contributed by atoms with E-state index in [1.807, 2.05) is 11.8 Å². The molecule has 0 saturated carbocycles. The van der Waals surface area contributed by atoms with Gasteiger partial charge in [-0.2, -0.15) is 16.7 Å². The normalized spacial score (nSPS) is 22.5. The molecule has 4 nitrogen and oxygen atoms in total. The summed E-state index contributed by atoms with van der Waals surface area (Å²) in [7, 11) is 0. The fourth-order valence-electron chi connectivity index (χ4n) is 1.81.